The fraction of sp³-hybridized carbons (Fsp3) is 0.200. The molecule has 0 atom stereocenters. The van der Waals surface area contributed by atoms with Crippen LogP contribution in [0.1, 0.15) is 34.2 Å². The number of nitrogens with one attached hydrogen (secondary N) is 2. The van der Waals surface area contributed by atoms with E-state index < -0.39 is 0 Å². The lowest BCUT2D eigenvalue weighted by Gasteiger charge is -2.06. The Kier molecular flexibility index (Phi) is 5.00. The highest BCUT2D eigenvalue weighted by Crippen LogP contribution is 2.14. The number of H-pyrrole nitrogens is 1. The minimum atomic E-state index is -0.370. The molecule has 0 aliphatic carbocycles. The van der Waals surface area contributed by atoms with E-state index in [9.17, 15) is 9.59 Å². The van der Waals surface area contributed by atoms with Crippen LogP contribution in [0.25, 0.3) is 0 Å². The van der Waals surface area contributed by atoms with E-state index in [-0.39, 0.29) is 11.9 Å². The second kappa shape index (κ2) is 6.95. The largest absolute Gasteiger partial charge is 0.462 e. The van der Waals surface area contributed by atoms with E-state index in [1.165, 1.54) is 12.3 Å². The molecule has 5 nitrogen and oxygen atoms in total. The lowest BCUT2D eigenvalue weighted by molar-refractivity contribution is 0.0505. The normalized spacial score (nSPS) is 10.2. The van der Waals surface area contributed by atoms with Crippen LogP contribution in [0.4, 0.5) is 5.69 Å². The molecule has 1 aromatic heterocycles. The van der Waals surface area contributed by atoms with E-state index in [0.29, 0.717) is 28.6 Å². The Morgan fingerprint density at radius 2 is 2.00 bits per heavy atom. The van der Waals surface area contributed by atoms with Crippen molar-refractivity contribution in [3.63, 3.8) is 0 Å². The minimum Gasteiger partial charge on any atom is -0.462 e. The Bertz CT molecular complexity index is 635. The monoisotopic (exact) mass is 306 g/mol. The Labute approximate surface area is 127 Å². The van der Waals surface area contributed by atoms with Crippen molar-refractivity contribution in [2.75, 3.05) is 11.9 Å². The van der Waals surface area contributed by atoms with Crippen LogP contribution >= 0.6 is 11.6 Å². The van der Waals surface area contributed by atoms with Crippen LogP contribution in [0.15, 0.2) is 36.5 Å². The van der Waals surface area contributed by atoms with Crippen LogP contribution in [-0.2, 0) is 4.74 Å². The first-order valence-corrected chi connectivity index (χ1v) is 6.90. The average Bonchev–Trinajstić information content (AvgIpc) is 2.92. The number of rotatable bonds is 5. The fourth-order valence-electron chi connectivity index (χ4n) is 1.67. The summed E-state index contributed by atoms with van der Waals surface area (Å²) in [7, 11) is 0. The molecular formula is C15H15ClN2O3. The van der Waals surface area contributed by atoms with Gasteiger partial charge in [-0.15, -0.1) is 0 Å². The standard InChI is InChI=1S/C15H15ClN2O3/c1-2-7-21-15(20)10-3-5-12(6-4-10)18-14(19)13-8-11(16)9-17-13/h3-6,8-9,17H,2,7H2,1H3,(H,18,19). The molecule has 6 heteroatoms. The Morgan fingerprint density at radius 1 is 1.29 bits per heavy atom. The summed E-state index contributed by atoms with van der Waals surface area (Å²) in [6, 6.07) is 8.04. The van der Waals surface area contributed by atoms with Crippen LogP contribution < -0.4 is 5.32 Å². The molecule has 0 bridgehead atoms. The number of amides is 1. The van der Waals surface area contributed by atoms with Gasteiger partial charge in [-0.05, 0) is 36.8 Å². The lowest BCUT2D eigenvalue weighted by Crippen LogP contribution is -2.12. The van der Waals surface area contributed by atoms with E-state index >= 15 is 0 Å². The molecule has 1 aromatic carbocycles. The smallest absolute Gasteiger partial charge is 0.338 e. The SMILES string of the molecule is CCCOC(=O)c1ccc(NC(=O)c2cc(Cl)c[nH]2)cc1. The highest BCUT2D eigenvalue weighted by molar-refractivity contribution is 6.31. The first kappa shape index (κ1) is 15.1. The molecule has 1 heterocycles. The maximum Gasteiger partial charge on any atom is 0.338 e. The molecule has 0 aliphatic rings. The van der Waals surface area contributed by atoms with Gasteiger partial charge in [0, 0.05) is 11.9 Å². The number of esters is 1. The zero-order valence-corrected chi connectivity index (χ0v) is 12.2. The van der Waals surface area contributed by atoms with E-state index in [1.54, 1.807) is 24.3 Å². The molecule has 0 aliphatic heterocycles. The van der Waals surface area contributed by atoms with Gasteiger partial charge < -0.3 is 15.0 Å². The Morgan fingerprint density at radius 3 is 2.57 bits per heavy atom. The van der Waals surface area contributed by atoms with Gasteiger partial charge in [-0.1, -0.05) is 18.5 Å². The van der Waals surface area contributed by atoms with E-state index in [1.807, 2.05) is 6.92 Å². The van der Waals surface area contributed by atoms with Gasteiger partial charge in [0.2, 0.25) is 0 Å². The summed E-state index contributed by atoms with van der Waals surface area (Å²) in [6.07, 6.45) is 2.31. The summed E-state index contributed by atoms with van der Waals surface area (Å²) < 4.78 is 5.02. The summed E-state index contributed by atoms with van der Waals surface area (Å²) in [5.74, 6) is -0.672. The predicted octanol–water partition coefficient (Wildman–Crippen LogP) is 3.49. The summed E-state index contributed by atoms with van der Waals surface area (Å²) >= 11 is 5.74. The van der Waals surface area contributed by atoms with Crippen LogP contribution in [0.2, 0.25) is 5.02 Å². The zero-order chi connectivity index (χ0) is 15.2. The predicted molar refractivity (Wildman–Crippen MR) is 80.8 cm³/mol. The van der Waals surface area contributed by atoms with Gasteiger partial charge in [0.1, 0.15) is 5.69 Å². The quantitative estimate of drug-likeness (QED) is 0.831. The number of hydrogen-bond acceptors (Lipinski definition) is 3. The van der Waals surface area contributed by atoms with Crippen molar-refractivity contribution in [3.8, 4) is 0 Å². The van der Waals surface area contributed by atoms with Gasteiger partial charge in [-0.2, -0.15) is 0 Å². The van der Waals surface area contributed by atoms with Crippen molar-refractivity contribution >= 4 is 29.2 Å². The number of aromatic amines is 1. The molecule has 0 fully saturated rings. The number of carbonyl (C=O) groups excluding carboxylic acids is 2. The summed E-state index contributed by atoms with van der Waals surface area (Å²) in [6.45, 7) is 2.32. The molecule has 0 saturated heterocycles. The van der Waals surface area contributed by atoms with Crippen molar-refractivity contribution in [2.24, 2.45) is 0 Å². The van der Waals surface area contributed by atoms with Crippen molar-refractivity contribution in [1.29, 1.82) is 0 Å². The number of anilines is 1. The molecule has 2 aromatic rings. The lowest BCUT2D eigenvalue weighted by atomic mass is 10.2. The molecular weight excluding hydrogens is 292 g/mol. The van der Waals surface area contributed by atoms with E-state index in [0.717, 1.165) is 6.42 Å². The third kappa shape index (κ3) is 4.10. The Balaban J connectivity index is 1.99. The average molecular weight is 307 g/mol. The minimum absolute atomic E-state index is 0.303. The van der Waals surface area contributed by atoms with Crippen molar-refractivity contribution in [1.82, 2.24) is 4.98 Å². The molecule has 21 heavy (non-hydrogen) atoms. The van der Waals surface area contributed by atoms with Crippen molar-refractivity contribution < 1.29 is 14.3 Å². The summed E-state index contributed by atoms with van der Waals surface area (Å²) in [5, 5.41) is 3.17. The van der Waals surface area contributed by atoms with Crippen LogP contribution in [-0.4, -0.2) is 23.5 Å². The van der Waals surface area contributed by atoms with Gasteiger partial charge in [0.25, 0.3) is 5.91 Å². The maximum atomic E-state index is 11.9. The van der Waals surface area contributed by atoms with E-state index in [4.69, 9.17) is 16.3 Å². The number of hydrogen-bond donors (Lipinski definition) is 2. The summed E-state index contributed by atoms with van der Waals surface area (Å²) in [5.41, 5.74) is 1.40. The molecule has 0 unspecified atom stereocenters. The number of aromatic nitrogens is 1. The molecule has 1 amide bonds. The van der Waals surface area contributed by atoms with Crippen molar-refractivity contribution in [2.45, 2.75) is 13.3 Å². The van der Waals surface area contributed by atoms with Crippen LogP contribution in [0.5, 0.6) is 0 Å². The molecule has 2 N–H and O–H groups in total. The molecule has 0 saturated carbocycles. The Hall–Kier alpha value is -2.27. The molecule has 110 valence electrons. The highest BCUT2D eigenvalue weighted by atomic mass is 35.5. The van der Waals surface area contributed by atoms with Crippen LogP contribution in [0, 0.1) is 0 Å². The second-order valence-corrected chi connectivity index (χ2v) is 4.84. The van der Waals surface area contributed by atoms with Gasteiger partial charge >= 0.3 is 5.97 Å². The zero-order valence-electron chi connectivity index (χ0n) is 11.5. The number of ether oxygens (including phenoxy) is 1. The first-order chi connectivity index (χ1) is 10.1. The fourth-order valence-corrected chi connectivity index (χ4v) is 1.83. The van der Waals surface area contributed by atoms with Crippen LogP contribution in [0.3, 0.4) is 0 Å². The highest BCUT2D eigenvalue weighted by Gasteiger charge is 2.10. The number of benzene rings is 1. The number of halogens is 1. The topological polar surface area (TPSA) is 71.2 Å². The van der Waals surface area contributed by atoms with Gasteiger partial charge in [0.15, 0.2) is 0 Å². The van der Waals surface area contributed by atoms with Gasteiger partial charge in [-0.25, -0.2) is 4.79 Å². The number of carbonyl (C=O) groups is 2. The third-order valence-corrected chi connectivity index (χ3v) is 2.93. The molecule has 2 rings (SSSR count). The van der Waals surface area contributed by atoms with E-state index in [2.05, 4.69) is 10.3 Å². The molecule has 0 spiro atoms. The maximum absolute atomic E-state index is 11.9. The first-order valence-electron chi connectivity index (χ1n) is 6.52. The summed E-state index contributed by atoms with van der Waals surface area (Å²) in [4.78, 5) is 26.3. The van der Waals surface area contributed by atoms with Gasteiger partial charge in [0.05, 0.1) is 17.2 Å². The third-order valence-electron chi connectivity index (χ3n) is 2.71. The second-order valence-electron chi connectivity index (χ2n) is 4.40. The molecule has 0 radical (unpaired) electrons. The van der Waals surface area contributed by atoms with Crippen molar-refractivity contribution in [3.05, 3.63) is 52.8 Å². The van der Waals surface area contributed by atoms with Gasteiger partial charge in [-0.3, -0.25) is 4.79 Å².